The second-order valence-corrected chi connectivity index (χ2v) is 7.11. The van der Waals surface area contributed by atoms with E-state index < -0.39 is 15.4 Å². The molecule has 0 aromatic heterocycles. The second-order valence-electron chi connectivity index (χ2n) is 5.55. The molecule has 112 valence electrons. The first-order valence-corrected chi connectivity index (χ1v) is 8.06. The summed E-state index contributed by atoms with van der Waals surface area (Å²) < 4.78 is 22.7. The summed E-state index contributed by atoms with van der Waals surface area (Å²) in [5.74, 6) is -0.0616. The van der Waals surface area contributed by atoms with Gasteiger partial charge in [-0.3, -0.25) is 4.79 Å². The molecule has 0 heterocycles. The summed E-state index contributed by atoms with van der Waals surface area (Å²) in [6, 6.07) is 6.01. The largest absolute Gasteiger partial charge is 0.349 e. The molecule has 1 amide bonds. The molecule has 0 aliphatic carbocycles. The van der Waals surface area contributed by atoms with Crippen molar-refractivity contribution in [1.82, 2.24) is 5.32 Å². The normalized spacial score (nSPS) is 13.8. The molecule has 1 aromatic carbocycles. The van der Waals surface area contributed by atoms with Crippen LogP contribution in [0.4, 0.5) is 0 Å². The molecular weight excluding hydrogens is 276 g/mol. The third-order valence-electron chi connectivity index (χ3n) is 3.53. The van der Waals surface area contributed by atoms with Gasteiger partial charge in [0, 0.05) is 5.41 Å². The molecule has 0 aliphatic heterocycles. The molecule has 0 aliphatic rings. The average Bonchev–Trinajstić information content (AvgIpc) is 2.37. The molecule has 20 heavy (non-hydrogen) atoms. The lowest BCUT2D eigenvalue weighted by Gasteiger charge is -2.25. The van der Waals surface area contributed by atoms with Gasteiger partial charge in [-0.1, -0.05) is 32.9 Å². The Bertz CT molecular complexity index is 594. The van der Waals surface area contributed by atoms with Gasteiger partial charge in [-0.25, -0.2) is 13.6 Å². The first-order chi connectivity index (χ1) is 9.08. The quantitative estimate of drug-likeness (QED) is 0.870. The molecule has 1 aromatic rings. The predicted molar refractivity (Wildman–Crippen MR) is 78.4 cm³/mol. The molecule has 0 saturated carbocycles. The number of amides is 1. The molecule has 0 bridgehead atoms. The van der Waals surface area contributed by atoms with Crippen molar-refractivity contribution in [2.75, 3.05) is 0 Å². The van der Waals surface area contributed by atoms with Crippen LogP contribution in [-0.4, -0.2) is 14.3 Å². The minimum Gasteiger partial charge on any atom is -0.349 e. The number of carbonyl (C=O) groups excluding carboxylic acids is 1. The molecule has 0 saturated heterocycles. The number of hydrogen-bond acceptors (Lipinski definition) is 3. The van der Waals surface area contributed by atoms with Crippen LogP contribution in [0.25, 0.3) is 0 Å². The van der Waals surface area contributed by atoms with Gasteiger partial charge in [0.05, 0.1) is 10.9 Å². The van der Waals surface area contributed by atoms with Crippen LogP contribution in [0.2, 0.25) is 0 Å². The second kappa shape index (κ2) is 5.93. The zero-order valence-corrected chi connectivity index (χ0v) is 13.1. The summed E-state index contributed by atoms with van der Waals surface area (Å²) in [4.78, 5) is 12.2. The Kier molecular flexibility index (Phi) is 4.94. The van der Waals surface area contributed by atoms with Gasteiger partial charge in [0.25, 0.3) is 0 Å². The maximum atomic E-state index is 12.1. The Labute approximate surface area is 120 Å². The lowest BCUT2D eigenvalue weighted by molar-refractivity contribution is -0.130. The van der Waals surface area contributed by atoms with Crippen LogP contribution in [0.5, 0.6) is 0 Å². The first kappa shape index (κ1) is 16.7. The third-order valence-corrected chi connectivity index (χ3v) is 4.44. The van der Waals surface area contributed by atoms with Gasteiger partial charge in [0.2, 0.25) is 15.9 Å². The highest BCUT2D eigenvalue weighted by Gasteiger charge is 2.26. The molecule has 3 N–H and O–H groups in total. The maximum absolute atomic E-state index is 12.1. The molecule has 5 nitrogen and oxygen atoms in total. The van der Waals surface area contributed by atoms with Crippen LogP contribution in [0, 0.1) is 5.41 Å². The van der Waals surface area contributed by atoms with E-state index in [0.717, 1.165) is 6.42 Å². The van der Waals surface area contributed by atoms with Crippen LogP contribution >= 0.6 is 0 Å². The number of nitrogens with two attached hydrogens (primary N) is 1. The van der Waals surface area contributed by atoms with Crippen molar-refractivity contribution in [2.24, 2.45) is 10.6 Å². The van der Waals surface area contributed by atoms with Crippen LogP contribution in [0.3, 0.4) is 0 Å². The van der Waals surface area contributed by atoms with E-state index >= 15 is 0 Å². The number of nitrogens with one attached hydrogen (secondary N) is 1. The van der Waals surface area contributed by atoms with Gasteiger partial charge in [0.15, 0.2) is 0 Å². The third kappa shape index (κ3) is 4.05. The smallest absolute Gasteiger partial charge is 0.238 e. The summed E-state index contributed by atoms with van der Waals surface area (Å²) in [5.41, 5.74) is 0.253. The van der Waals surface area contributed by atoms with Crippen molar-refractivity contribution in [3.8, 4) is 0 Å². The van der Waals surface area contributed by atoms with Gasteiger partial charge in [-0.15, -0.1) is 0 Å². The fraction of sp³-hybridized carbons (Fsp3) is 0.500. The van der Waals surface area contributed by atoms with Crippen molar-refractivity contribution < 1.29 is 13.2 Å². The summed E-state index contributed by atoms with van der Waals surface area (Å²) in [6.07, 6.45) is 0.725. The van der Waals surface area contributed by atoms with E-state index in [4.69, 9.17) is 5.14 Å². The number of hydrogen-bond donors (Lipinski definition) is 2. The van der Waals surface area contributed by atoms with Crippen LogP contribution in [-0.2, 0) is 14.8 Å². The number of sulfonamides is 1. The average molecular weight is 298 g/mol. The Morgan fingerprint density at radius 3 is 2.50 bits per heavy atom. The molecule has 0 fully saturated rings. The molecule has 0 spiro atoms. The van der Waals surface area contributed by atoms with Gasteiger partial charge < -0.3 is 5.32 Å². The van der Waals surface area contributed by atoms with Gasteiger partial charge in [-0.2, -0.15) is 0 Å². The fourth-order valence-electron chi connectivity index (χ4n) is 1.60. The van der Waals surface area contributed by atoms with Crippen LogP contribution < -0.4 is 10.5 Å². The Morgan fingerprint density at radius 1 is 1.40 bits per heavy atom. The summed E-state index contributed by atoms with van der Waals surface area (Å²) in [5, 5.41) is 7.99. The number of primary sulfonamides is 1. The number of rotatable bonds is 5. The lowest BCUT2D eigenvalue weighted by Crippen LogP contribution is -2.37. The van der Waals surface area contributed by atoms with E-state index in [1.165, 1.54) is 12.1 Å². The zero-order chi connectivity index (χ0) is 15.6. The molecule has 1 unspecified atom stereocenters. The van der Waals surface area contributed by atoms with E-state index in [-0.39, 0.29) is 16.8 Å². The maximum Gasteiger partial charge on any atom is 0.238 e. The van der Waals surface area contributed by atoms with Gasteiger partial charge in [-0.05, 0) is 31.0 Å². The molecule has 6 heteroatoms. The number of carbonyl (C=O) groups is 1. The van der Waals surface area contributed by atoms with Crippen molar-refractivity contribution in [1.29, 1.82) is 0 Å². The Hall–Kier alpha value is -1.40. The van der Waals surface area contributed by atoms with E-state index in [1.807, 2.05) is 27.7 Å². The van der Waals surface area contributed by atoms with Crippen LogP contribution in [0.1, 0.15) is 45.7 Å². The summed E-state index contributed by atoms with van der Waals surface area (Å²) in [7, 11) is -3.73. The van der Waals surface area contributed by atoms with Crippen molar-refractivity contribution in [2.45, 2.75) is 45.1 Å². The van der Waals surface area contributed by atoms with Gasteiger partial charge >= 0.3 is 0 Å². The zero-order valence-electron chi connectivity index (χ0n) is 12.3. The Morgan fingerprint density at radius 2 is 2.00 bits per heavy atom. The minimum atomic E-state index is -3.73. The minimum absolute atomic E-state index is 0.0471. The fourth-order valence-corrected chi connectivity index (χ4v) is 2.17. The molecule has 1 rings (SSSR count). The lowest BCUT2D eigenvalue weighted by atomic mass is 9.89. The van der Waals surface area contributed by atoms with Gasteiger partial charge in [0.1, 0.15) is 0 Å². The van der Waals surface area contributed by atoms with Crippen molar-refractivity contribution in [3.05, 3.63) is 29.8 Å². The summed E-state index contributed by atoms with van der Waals surface area (Å²) in [6.45, 7) is 7.50. The molecule has 0 radical (unpaired) electrons. The SMILES string of the molecule is CCC(C)(C)C(=O)NC(C)c1cccc(S(N)(=O)=O)c1. The Balaban J connectivity index is 2.94. The highest BCUT2D eigenvalue weighted by Crippen LogP contribution is 2.23. The topological polar surface area (TPSA) is 89.3 Å². The van der Waals surface area contributed by atoms with E-state index in [9.17, 15) is 13.2 Å². The summed E-state index contributed by atoms with van der Waals surface area (Å²) >= 11 is 0. The highest BCUT2D eigenvalue weighted by atomic mass is 32.2. The van der Waals surface area contributed by atoms with E-state index in [1.54, 1.807) is 12.1 Å². The van der Waals surface area contributed by atoms with Crippen molar-refractivity contribution in [3.63, 3.8) is 0 Å². The van der Waals surface area contributed by atoms with Crippen molar-refractivity contribution >= 4 is 15.9 Å². The molecular formula is C14H22N2O3S. The predicted octanol–water partition coefficient (Wildman–Crippen LogP) is 1.95. The van der Waals surface area contributed by atoms with Crippen LogP contribution in [0.15, 0.2) is 29.2 Å². The number of benzene rings is 1. The first-order valence-electron chi connectivity index (χ1n) is 6.51. The highest BCUT2D eigenvalue weighted by molar-refractivity contribution is 7.89. The van der Waals surface area contributed by atoms with E-state index in [2.05, 4.69) is 5.32 Å². The monoisotopic (exact) mass is 298 g/mol. The van der Waals surface area contributed by atoms with E-state index in [0.29, 0.717) is 5.56 Å². The standard InChI is InChI=1S/C14H22N2O3S/c1-5-14(3,4)13(17)16-10(2)11-7-6-8-12(9-11)20(15,18)19/h6-10H,5H2,1-4H3,(H,16,17)(H2,15,18,19). The molecule has 1 atom stereocenters.